The van der Waals surface area contributed by atoms with E-state index in [-0.39, 0.29) is 0 Å². The van der Waals surface area contributed by atoms with Crippen molar-refractivity contribution in [2.75, 3.05) is 20.6 Å². The molecule has 1 amide bonds. The van der Waals surface area contributed by atoms with E-state index in [9.17, 15) is 4.79 Å². The summed E-state index contributed by atoms with van der Waals surface area (Å²) in [6, 6.07) is 9.53. The zero-order valence-electron chi connectivity index (χ0n) is 10.9. The van der Waals surface area contributed by atoms with Crippen LogP contribution in [0, 0.1) is 0 Å². The zero-order valence-corrected chi connectivity index (χ0v) is 10.9. The molecular formula is C14H22N2O. The molecule has 0 heterocycles. The molecule has 2 N–H and O–H groups in total. The van der Waals surface area contributed by atoms with Crippen LogP contribution in [0.25, 0.3) is 6.08 Å². The summed E-state index contributed by atoms with van der Waals surface area (Å²) in [6.07, 6.45) is 4.28. The molecule has 0 aromatic heterocycles. The SMILES string of the molecule is CCCN(C)C.NC(=O)C=Cc1ccccc1. The number of hydrogen-bond acceptors (Lipinski definition) is 2. The van der Waals surface area contributed by atoms with E-state index in [4.69, 9.17) is 5.73 Å². The largest absolute Gasteiger partial charge is 0.366 e. The second kappa shape index (κ2) is 9.60. The minimum atomic E-state index is -0.422. The predicted molar refractivity (Wildman–Crippen MR) is 73.5 cm³/mol. The van der Waals surface area contributed by atoms with Crippen LogP contribution in [0.4, 0.5) is 0 Å². The lowest BCUT2D eigenvalue weighted by Gasteiger charge is -2.03. The summed E-state index contributed by atoms with van der Waals surface area (Å²) in [5, 5.41) is 0. The summed E-state index contributed by atoms with van der Waals surface area (Å²) in [5.41, 5.74) is 5.89. The zero-order chi connectivity index (χ0) is 13.1. The van der Waals surface area contributed by atoms with E-state index in [1.807, 2.05) is 30.3 Å². The number of rotatable bonds is 4. The van der Waals surface area contributed by atoms with Gasteiger partial charge in [0.25, 0.3) is 0 Å². The fourth-order valence-corrected chi connectivity index (χ4v) is 1.19. The van der Waals surface area contributed by atoms with Crippen molar-refractivity contribution in [3.05, 3.63) is 42.0 Å². The third kappa shape index (κ3) is 10.7. The molecule has 0 aliphatic carbocycles. The van der Waals surface area contributed by atoms with Gasteiger partial charge in [0.1, 0.15) is 0 Å². The maximum atomic E-state index is 10.3. The van der Waals surface area contributed by atoms with E-state index in [0.29, 0.717) is 0 Å². The van der Waals surface area contributed by atoms with Crippen molar-refractivity contribution < 1.29 is 4.79 Å². The molecule has 17 heavy (non-hydrogen) atoms. The molecule has 1 aromatic carbocycles. The number of benzene rings is 1. The van der Waals surface area contributed by atoms with Crippen LogP contribution >= 0.6 is 0 Å². The van der Waals surface area contributed by atoms with Crippen molar-refractivity contribution in [1.29, 1.82) is 0 Å². The molecule has 0 saturated heterocycles. The molecule has 3 heteroatoms. The first-order valence-electron chi connectivity index (χ1n) is 5.73. The molecule has 0 aliphatic heterocycles. The Morgan fingerprint density at radius 3 is 2.24 bits per heavy atom. The minimum Gasteiger partial charge on any atom is -0.366 e. The molecule has 94 valence electrons. The number of nitrogens with two attached hydrogens (primary N) is 1. The third-order valence-corrected chi connectivity index (χ3v) is 1.91. The summed E-state index contributed by atoms with van der Waals surface area (Å²) >= 11 is 0. The molecule has 0 radical (unpaired) electrons. The van der Waals surface area contributed by atoms with Gasteiger partial charge >= 0.3 is 0 Å². The average Bonchev–Trinajstić information content (AvgIpc) is 2.28. The van der Waals surface area contributed by atoms with Crippen LogP contribution < -0.4 is 5.73 Å². The second-order valence-electron chi connectivity index (χ2n) is 3.95. The van der Waals surface area contributed by atoms with Crippen molar-refractivity contribution in [3.8, 4) is 0 Å². The number of carbonyl (C=O) groups is 1. The highest BCUT2D eigenvalue weighted by molar-refractivity contribution is 5.90. The van der Waals surface area contributed by atoms with Gasteiger partial charge in [-0.05, 0) is 38.7 Å². The molecular weight excluding hydrogens is 212 g/mol. The Balaban J connectivity index is 0.000000366. The molecule has 0 saturated carbocycles. The van der Waals surface area contributed by atoms with E-state index in [1.165, 1.54) is 19.0 Å². The van der Waals surface area contributed by atoms with Gasteiger partial charge in [0.2, 0.25) is 5.91 Å². The third-order valence-electron chi connectivity index (χ3n) is 1.91. The first kappa shape index (κ1) is 15.4. The van der Waals surface area contributed by atoms with Crippen LogP contribution in [-0.4, -0.2) is 31.4 Å². The van der Waals surface area contributed by atoms with Crippen molar-refractivity contribution >= 4 is 12.0 Å². The fourth-order valence-electron chi connectivity index (χ4n) is 1.19. The Labute approximate surface area is 104 Å². The number of amides is 1. The Hall–Kier alpha value is -1.61. The van der Waals surface area contributed by atoms with E-state index in [1.54, 1.807) is 6.08 Å². The number of hydrogen-bond donors (Lipinski definition) is 1. The highest BCUT2D eigenvalue weighted by Crippen LogP contribution is 1.99. The van der Waals surface area contributed by atoms with Gasteiger partial charge in [0.05, 0.1) is 0 Å². The summed E-state index contributed by atoms with van der Waals surface area (Å²) < 4.78 is 0. The number of nitrogens with zero attached hydrogens (tertiary/aromatic N) is 1. The van der Waals surface area contributed by atoms with Crippen molar-refractivity contribution in [3.63, 3.8) is 0 Å². The summed E-state index contributed by atoms with van der Waals surface area (Å²) in [4.78, 5) is 12.5. The maximum Gasteiger partial charge on any atom is 0.241 e. The lowest BCUT2D eigenvalue weighted by molar-refractivity contribution is -0.113. The smallest absolute Gasteiger partial charge is 0.241 e. The molecule has 0 bridgehead atoms. The van der Waals surface area contributed by atoms with Gasteiger partial charge in [-0.3, -0.25) is 4.79 Å². The lowest BCUT2D eigenvalue weighted by atomic mass is 10.2. The molecule has 3 nitrogen and oxygen atoms in total. The van der Waals surface area contributed by atoms with Gasteiger partial charge in [0.15, 0.2) is 0 Å². The Kier molecular flexibility index (Phi) is 8.69. The van der Waals surface area contributed by atoms with Gasteiger partial charge in [-0.15, -0.1) is 0 Å². The van der Waals surface area contributed by atoms with Gasteiger partial charge in [-0.2, -0.15) is 0 Å². The molecule has 1 rings (SSSR count). The predicted octanol–water partition coefficient (Wildman–Crippen LogP) is 2.14. The van der Waals surface area contributed by atoms with Gasteiger partial charge in [-0.1, -0.05) is 37.3 Å². The summed E-state index contributed by atoms with van der Waals surface area (Å²) in [6.45, 7) is 3.39. The minimum absolute atomic E-state index is 0.422. The molecule has 0 unspecified atom stereocenters. The monoisotopic (exact) mass is 234 g/mol. The van der Waals surface area contributed by atoms with E-state index in [2.05, 4.69) is 25.9 Å². The van der Waals surface area contributed by atoms with Gasteiger partial charge in [0, 0.05) is 6.08 Å². The van der Waals surface area contributed by atoms with E-state index >= 15 is 0 Å². The van der Waals surface area contributed by atoms with Crippen LogP contribution in [0.2, 0.25) is 0 Å². The Morgan fingerprint density at radius 2 is 1.88 bits per heavy atom. The Morgan fingerprint density at radius 1 is 1.29 bits per heavy atom. The summed E-state index contributed by atoms with van der Waals surface area (Å²) in [5.74, 6) is -0.422. The standard InChI is InChI=1S/C9H9NO.C5H13N/c10-9(11)7-6-8-4-2-1-3-5-8;1-4-5-6(2)3/h1-7H,(H2,10,11);4-5H2,1-3H3. The van der Waals surface area contributed by atoms with Crippen LogP contribution in [-0.2, 0) is 4.79 Å². The number of carbonyl (C=O) groups excluding carboxylic acids is 1. The quantitative estimate of drug-likeness (QED) is 0.811. The first-order valence-corrected chi connectivity index (χ1v) is 5.73. The van der Waals surface area contributed by atoms with Crippen molar-refractivity contribution in [2.24, 2.45) is 5.73 Å². The highest BCUT2D eigenvalue weighted by atomic mass is 16.1. The maximum absolute atomic E-state index is 10.3. The fraction of sp³-hybridized carbons (Fsp3) is 0.357. The van der Waals surface area contributed by atoms with Crippen LogP contribution in [0.15, 0.2) is 36.4 Å². The van der Waals surface area contributed by atoms with Crippen LogP contribution in [0.1, 0.15) is 18.9 Å². The molecule has 1 aromatic rings. The summed E-state index contributed by atoms with van der Waals surface area (Å²) in [7, 11) is 4.17. The molecule has 0 atom stereocenters. The van der Waals surface area contributed by atoms with Crippen molar-refractivity contribution in [1.82, 2.24) is 4.90 Å². The Bertz CT molecular complexity index is 331. The van der Waals surface area contributed by atoms with Gasteiger partial charge < -0.3 is 10.6 Å². The average molecular weight is 234 g/mol. The van der Waals surface area contributed by atoms with Crippen LogP contribution in [0.5, 0.6) is 0 Å². The van der Waals surface area contributed by atoms with E-state index in [0.717, 1.165) is 5.56 Å². The van der Waals surface area contributed by atoms with Crippen molar-refractivity contribution in [2.45, 2.75) is 13.3 Å². The first-order chi connectivity index (χ1) is 8.06. The number of primary amides is 1. The highest BCUT2D eigenvalue weighted by Gasteiger charge is 1.84. The van der Waals surface area contributed by atoms with E-state index < -0.39 is 5.91 Å². The molecule has 0 aliphatic rings. The molecule has 0 spiro atoms. The second-order valence-corrected chi connectivity index (χ2v) is 3.95. The molecule has 0 fully saturated rings. The normalized spacial score (nSPS) is 10.1. The van der Waals surface area contributed by atoms with Gasteiger partial charge in [-0.25, -0.2) is 0 Å². The lowest BCUT2D eigenvalue weighted by Crippen LogP contribution is -2.11. The topological polar surface area (TPSA) is 46.3 Å². The van der Waals surface area contributed by atoms with Crippen LogP contribution in [0.3, 0.4) is 0 Å².